The number of nitrogens with one attached hydrogen (secondary N) is 1. The van der Waals surface area contributed by atoms with Gasteiger partial charge in [0.05, 0.1) is 5.92 Å². The number of ether oxygens (including phenoxy) is 1. The van der Waals surface area contributed by atoms with Crippen molar-refractivity contribution < 1.29 is 14.3 Å². The molecule has 0 spiro atoms. The van der Waals surface area contributed by atoms with E-state index in [1.165, 1.54) is 6.92 Å². The maximum absolute atomic E-state index is 12.7. The van der Waals surface area contributed by atoms with Crippen molar-refractivity contribution in [3.05, 3.63) is 72.1 Å². The second-order valence-electron chi connectivity index (χ2n) is 6.24. The summed E-state index contributed by atoms with van der Waals surface area (Å²) in [5, 5.41) is 4.94. The smallest absolute Gasteiger partial charge is 0.302 e. The number of nitrogens with zero attached hydrogens (tertiary/aromatic N) is 1. The predicted molar refractivity (Wildman–Crippen MR) is 104 cm³/mol. The molecule has 2 aromatic carbocycles. The summed E-state index contributed by atoms with van der Waals surface area (Å²) in [6.07, 6.45) is 3.50. The van der Waals surface area contributed by atoms with Gasteiger partial charge in [-0.1, -0.05) is 30.3 Å². The quantitative estimate of drug-likeness (QED) is 0.657. The minimum absolute atomic E-state index is 0.168. The maximum atomic E-state index is 12.7. The highest BCUT2D eigenvalue weighted by Gasteiger charge is 2.19. The fraction of sp³-hybridized carbons (Fsp3) is 0.190. The average molecular weight is 363 g/mol. The number of hydrogen-bond acceptors (Lipinski definition) is 5. The van der Waals surface area contributed by atoms with E-state index < -0.39 is 5.92 Å². The first-order valence-corrected chi connectivity index (χ1v) is 8.63. The first kappa shape index (κ1) is 18.5. The molecule has 0 bridgehead atoms. The second kappa shape index (κ2) is 8.42. The molecule has 0 fully saturated rings. The molecule has 0 saturated carbocycles. The van der Waals surface area contributed by atoms with Gasteiger partial charge < -0.3 is 15.8 Å². The van der Waals surface area contributed by atoms with Crippen LogP contribution in [0.2, 0.25) is 0 Å². The van der Waals surface area contributed by atoms with Crippen LogP contribution >= 0.6 is 0 Å². The minimum atomic E-state index is -0.471. The molecule has 0 saturated heterocycles. The highest BCUT2D eigenvalue weighted by Crippen LogP contribution is 2.21. The molecule has 27 heavy (non-hydrogen) atoms. The molecule has 1 heterocycles. The standard InChI is InChI=1S/C21H21N3O3/c1-14(25)27-13-15-2-4-16(5-3-15)20(11-22)21(26)24-19-7-6-18-12-23-9-8-17(18)10-19/h2-10,12,20H,11,13,22H2,1H3,(H,24,26)/t20-/m1/s1. The van der Waals surface area contributed by atoms with Gasteiger partial charge in [0.25, 0.3) is 0 Å². The van der Waals surface area contributed by atoms with Gasteiger partial charge in [-0.2, -0.15) is 0 Å². The Morgan fingerprint density at radius 3 is 2.59 bits per heavy atom. The zero-order valence-corrected chi connectivity index (χ0v) is 15.0. The summed E-state index contributed by atoms with van der Waals surface area (Å²) in [7, 11) is 0. The number of hydrogen-bond donors (Lipinski definition) is 2. The third-order valence-corrected chi connectivity index (χ3v) is 4.28. The van der Waals surface area contributed by atoms with Crippen LogP contribution in [0, 0.1) is 0 Å². The molecule has 138 valence electrons. The van der Waals surface area contributed by atoms with Crippen molar-refractivity contribution in [1.29, 1.82) is 0 Å². The monoisotopic (exact) mass is 363 g/mol. The fourth-order valence-corrected chi connectivity index (χ4v) is 2.82. The van der Waals surface area contributed by atoms with Crippen LogP contribution in [-0.4, -0.2) is 23.4 Å². The van der Waals surface area contributed by atoms with E-state index in [-0.39, 0.29) is 25.0 Å². The van der Waals surface area contributed by atoms with Gasteiger partial charge in [0.2, 0.25) is 5.91 Å². The van der Waals surface area contributed by atoms with Crippen LogP contribution in [0.5, 0.6) is 0 Å². The van der Waals surface area contributed by atoms with E-state index in [0.29, 0.717) is 5.69 Å². The summed E-state index contributed by atoms with van der Waals surface area (Å²) >= 11 is 0. The lowest BCUT2D eigenvalue weighted by molar-refractivity contribution is -0.142. The lowest BCUT2D eigenvalue weighted by Crippen LogP contribution is -2.27. The molecule has 1 atom stereocenters. The minimum Gasteiger partial charge on any atom is -0.461 e. The Morgan fingerprint density at radius 2 is 1.89 bits per heavy atom. The maximum Gasteiger partial charge on any atom is 0.302 e. The largest absolute Gasteiger partial charge is 0.461 e. The summed E-state index contributed by atoms with van der Waals surface area (Å²) in [5.74, 6) is -0.969. The molecule has 1 aromatic heterocycles. The van der Waals surface area contributed by atoms with Crippen molar-refractivity contribution in [3.8, 4) is 0 Å². The van der Waals surface area contributed by atoms with Crippen molar-refractivity contribution in [2.75, 3.05) is 11.9 Å². The van der Waals surface area contributed by atoms with E-state index >= 15 is 0 Å². The van der Waals surface area contributed by atoms with E-state index in [4.69, 9.17) is 10.5 Å². The Kier molecular flexibility index (Phi) is 5.78. The number of aromatic nitrogens is 1. The number of pyridine rings is 1. The lowest BCUT2D eigenvalue weighted by Gasteiger charge is -2.16. The Bertz CT molecular complexity index is 954. The normalized spacial score (nSPS) is 11.8. The molecule has 0 aliphatic rings. The Hall–Kier alpha value is -3.25. The first-order chi connectivity index (χ1) is 13.1. The molecule has 1 amide bonds. The zero-order chi connectivity index (χ0) is 19.2. The van der Waals surface area contributed by atoms with Gasteiger partial charge in [0.15, 0.2) is 0 Å². The van der Waals surface area contributed by atoms with Crippen LogP contribution in [0.4, 0.5) is 5.69 Å². The number of benzene rings is 2. The van der Waals surface area contributed by atoms with Gasteiger partial charge in [-0.15, -0.1) is 0 Å². The van der Waals surface area contributed by atoms with E-state index in [1.54, 1.807) is 12.4 Å². The van der Waals surface area contributed by atoms with E-state index in [9.17, 15) is 9.59 Å². The molecule has 0 aliphatic heterocycles. The molecule has 0 aliphatic carbocycles. The van der Waals surface area contributed by atoms with Gasteiger partial charge >= 0.3 is 5.97 Å². The Morgan fingerprint density at radius 1 is 1.11 bits per heavy atom. The van der Waals surface area contributed by atoms with Crippen molar-refractivity contribution in [2.45, 2.75) is 19.4 Å². The molecule has 0 radical (unpaired) electrons. The summed E-state index contributed by atoms with van der Waals surface area (Å²) in [6, 6.07) is 14.9. The Balaban J connectivity index is 1.72. The van der Waals surface area contributed by atoms with Gasteiger partial charge in [0.1, 0.15) is 6.61 Å². The van der Waals surface area contributed by atoms with Crippen LogP contribution < -0.4 is 11.1 Å². The number of rotatable bonds is 6. The average Bonchev–Trinajstić information content (AvgIpc) is 2.68. The van der Waals surface area contributed by atoms with Gasteiger partial charge in [-0.25, -0.2) is 0 Å². The van der Waals surface area contributed by atoms with E-state index in [1.807, 2.05) is 48.5 Å². The molecule has 0 unspecified atom stereocenters. The van der Waals surface area contributed by atoms with Crippen molar-refractivity contribution >= 4 is 28.3 Å². The second-order valence-corrected chi connectivity index (χ2v) is 6.24. The first-order valence-electron chi connectivity index (χ1n) is 8.63. The van der Waals surface area contributed by atoms with Gasteiger partial charge in [-0.05, 0) is 34.7 Å². The summed E-state index contributed by atoms with van der Waals surface area (Å²) < 4.78 is 4.97. The highest BCUT2D eigenvalue weighted by molar-refractivity contribution is 5.98. The number of carbonyl (C=O) groups is 2. The van der Waals surface area contributed by atoms with E-state index in [2.05, 4.69) is 10.3 Å². The van der Waals surface area contributed by atoms with Crippen LogP contribution in [0.15, 0.2) is 60.9 Å². The van der Waals surface area contributed by atoms with Crippen molar-refractivity contribution in [2.24, 2.45) is 5.73 Å². The highest BCUT2D eigenvalue weighted by atomic mass is 16.5. The SMILES string of the molecule is CC(=O)OCc1ccc([C@@H](CN)C(=O)Nc2ccc3cnccc3c2)cc1. The summed E-state index contributed by atoms with van der Waals surface area (Å²) in [6.45, 7) is 1.76. The number of esters is 1. The van der Waals surface area contributed by atoms with Crippen LogP contribution in [0.25, 0.3) is 10.8 Å². The number of carbonyl (C=O) groups excluding carboxylic acids is 2. The fourth-order valence-electron chi connectivity index (χ4n) is 2.82. The third kappa shape index (κ3) is 4.68. The predicted octanol–water partition coefficient (Wildman–Crippen LogP) is 2.98. The van der Waals surface area contributed by atoms with Crippen molar-refractivity contribution in [3.63, 3.8) is 0 Å². The van der Waals surface area contributed by atoms with Crippen molar-refractivity contribution in [1.82, 2.24) is 4.98 Å². The third-order valence-electron chi connectivity index (χ3n) is 4.28. The summed E-state index contributed by atoms with van der Waals surface area (Å²) in [5.41, 5.74) is 8.23. The number of nitrogens with two attached hydrogens (primary N) is 1. The topological polar surface area (TPSA) is 94.3 Å². The number of fused-ring (bicyclic) bond motifs is 1. The molecule has 3 rings (SSSR count). The zero-order valence-electron chi connectivity index (χ0n) is 15.0. The molecule has 6 heteroatoms. The molecule has 3 aromatic rings. The lowest BCUT2D eigenvalue weighted by atomic mass is 9.97. The van der Waals surface area contributed by atoms with Gasteiger partial charge in [0, 0.05) is 36.9 Å². The summed E-state index contributed by atoms with van der Waals surface area (Å²) in [4.78, 5) is 27.7. The number of amides is 1. The van der Waals surface area contributed by atoms with Crippen LogP contribution in [0.1, 0.15) is 24.0 Å². The van der Waals surface area contributed by atoms with Crippen LogP contribution in [0.3, 0.4) is 0 Å². The molecular weight excluding hydrogens is 342 g/mol. The van der Waals surface area contributed by atoms with Crippen LogP contribution in [-0.2, 0) is 20.9 Å². The molecular formula is C21H21N3O3. The molecule has 6 nitrogen and oxygen atoms in total. The number of anilines is 1. The Labute approximate surface area is 157 Å². The molecule has 3 N–H and O–H groups in total. The van der Waals surface area contributed by atoms with E-state index in [0.717, 1.165) is 21.9 Å². The van der Waals surface area contributed by atoms with Gasteiger partial charge in [-0.3, -0.25) is 14.6 Å².